The molecule has 4 heteroatoms. The number of aryl methyl sites for hydroxylation is 2. The van der Waals surface area contributed by atoms with Crippen LogP contribution in [0.2, 0.25) is 0 Å². The molecule has 0 fully saturated rings. The molecule has 25 heavy (non-hydrogen) atoms. The number of benzene rings is 2. The van der Waals surface area contributed by atoms with Crippen molar-refractivity contribution in [2.75, 3.05) is 0 Å². The van der Waals surface area contributed by atoms with E-state index in [2.05, 4.69) is 27.5 Å². The van der Waals surface area contributed by atoms with E-state index < -0.39 is 0 Å². The summed E-state index contributed by atoms with van der Waals surface area (Å²) in [7, 11) is 0. The second kappa shape index (κ2) is 8.49. The quantitative estimate of drug-likeness (QED) is 0.485. The van der Waals surface area contributed by atoms with Gasteiger partial charge in [0, 0.05) is 23.6 Å². The van der Waals surface area contributed by atoms with Gasteiger partial charge in [-0.15, -0.1) is 11.3 Å². The van der Waals surface area contributed by atoms with Crippen molar-refractivity contribution in [3.05, 3.63) is 76.9 Å². The van der Waals surface area contributed by atoms with Crippen molar-refractivity contribution in [1.29, 1.82) is 0 Å². The highest BCUT2D eigenvalue weighted by Crippen LogP contribution is 2.22. The number of nitrogens with zero attached hydrogens (tertiary/aromatic N) is 3. The van der Waals surface area contributed by atoms with Crippen molar-refractivity contribution in [3.63, 3.8) is 0 Å². The molecule has 2 aromatic carbocycles. The molecule has 0 unspecified atom stereocenters. The standard InChI is InChI=1S/C19H15N3S.C2H6/c1-2-6-14(7-3-1)18-13-23-19(22-18)11-10-15-12-20-16-8-4-5-9-17(16)21-15;1-2/h1-9,12-13H,10-11H2;1-2H3. The Morgan fingerprint density at radius 1 is 0.800 bits per heavy atom. The van der Waals surface area contributed by atoms with E-state index in [1.54, 1.807) is 11.3 Å². The predicted molar refractivity (Wildman–Crippen MR) is 106 cm³/mol. The molecule has 0 N–H and O–H groups in total. The summed E-state index contributed by atoms with van der Waals surface area (Å²) in [5.41, 5.74) is 5.13. The van der Waals surface area contributed by atoms with Crippen molar-refractivity contribution >= 4 is 22.4 Å². The van der Waals surface area contributed by atoms with E-state index in [0.717, 1.165) is 40.3 Å². The van der Waals surface area contributed by atoms with Gasteiger partial charge in [0.25, 0.3) is 0 Å². The minimum atomic E-state index is 0.861. The zero-order chi connectivity index (χ0) is 17.5. The Morgan fingerprint density at radius 2 is 1.52 bits per heavy atom. The SMILES string of the molecule is CC.c1ccc(-c2csc(CCc3cnc4ccccc4n3)n2)cc1. The summed E-state index contributed by atoms with van der Waals surface area (Å²) in [6.07, 6.45) is 3.62. The minimum absolute atomic E-state index is 0.861. The van der Waals surface area contributed by atoms with E-state index in [4.69, 9.17) is 4.98 Å². The summed E-state index contributed by atoms with van der Waals surface area (Å²) in [4.78, 5) is 13.9. The van der Waals surface area contributed by atoms with Gasteiger partial charge in [0.05, 0.1) is 27.4 Å². The van der Waals surface area contributed by atoms with Crippen LogP contribution in [0.3, 0.4) is 0 Å². The number of hydrogen-bond donors (Lipinski definition) is 0. The molecule has 0 aliphatic carbocycles. The average Bonchev–Trinajstić information content (AvgIpc) is 3.18. The van der Waals surface area contributed by atoms with E-state index >= 15 is 0 Å². The maximum absolute atomic E-state index is 4.73. The van der Waals surface area contributed by atoms with E-state index in [9.17, 15) is 0 Å². The van der Waals surface area contributed by atoms with E-state index in [1.165, 1.54) is 5.56 Å². The Hall–Kier alpha value is -2.59. The lowest BCUT2D eigenvalue weighted by atomic mass is 10.2. The van der Waals surface area contributed by atoms with Gasteiger partial charge in [0.1, 0.15) is 0 Å². The van der Waals surface area contributed by atoms with Crippen molar-refractivity contribution in [3.8, 4) is 11.3 Å². The van der Waals surface area contributed by atoms with Crippen molar-refractivity contribution < 1.29 is 0 Å². The van der Waals surface area contributed by atoms with Gasteiger partial charge < -0.3 is 0 Å². The largest absolute Gasteiger partial charge is 0.253 e. The Labute approximate surface area is 152 Å². The van der Waals surface area contributed by atoms with Crippen molar-refractivity contribution in [2.24, 2.45) is 0 Å². The molecule has 0 amide bonds. The number of thiazole rings is 1. The minimum Gasteiger partial charge on any atom is -0.253 e. The monoisotopic (exact) mass is 347 g/mol. The fraction of sp³-hybridized carbons (Fsp3) is 0.190. The number of rotatable bonds is 4. The summed E-state index contributed by atoms with van der Waals surface area (Å²) >= 11 is 1.71. The fourth-order valence-electron chi connectivity index (χ4n) is 2.52. The first kappa shape index (κ1) is 17.2. The summed E-state index contributed by atoms with van der Waals surface area (Å²) in [5.74, 6) is 0. The zero-order valence-electron chi connectivity index (χ0n) is 14.5. The van der Waals surface area contributed by atoms with Crippen LogP contribution in [0.25, 0.3) is 22.3 Å². The number of fused-ring (bicyclic) bond motifs is 1. The molecule has 0 radical (unpaired) electrons. The topological polar surface area (TPSA) is 38.7 Å². The molecule has 0 saturated carbocycles. The first-order valence-electron chi connectivity index (χ1n) is 8.59. The van der Waals surface area contributed by atoms with E-state index in [1.807, 2.05) is 62.5 Å². The van der Waals surface area contributed by atoms with Gasteiger partial charge in [0.2, 0.25) is 0 Å². The zero-order valence-corrected chi connectivity index (χ0v) is 15.3. The Balaban J connectivity index is 0.000000880. The molecule has 0 bridgehead atoms. The van der Waals surface area contributed by atoms with Crippen LogP contribution in [0.15, 0.2) is 66.2 Å². The smallest absolute Gasteiger partial charge is 0.0936 e. The third-order valence-electron chi connectivity index (χ3n) is 3.71. The van der Waals surface area contributed by atoms with Crippen LogP contribution in [-0.2, 0) is 12.8 Å². The Bertz CT molecular complexity index is 932. The highest BCUT2D eigenvalue weighted by atomic mass is 32.1. The lowest BCUT2D eigenvalue weighted by Crippen LogP contribution is -1.96. The Morgan fingerprint density at radius 3 is 2.32 bits per heavy atom. The summed E-state index contributed by atoms with van der Waals surface area (Å²) in [5, 5.41) is 3.26. The summed E-state index contributed by atoms with van der Waals surface area (Å²) in [6.45, 7) is 4.00. The number of para-hydroxylation sites is 2. The van der Waals surface area contributed by atoms with Crippen LogP contribution >= 0.6 is 11.3 Å². The molecule has 2 aromatic heterocycles. The van der Waals surface area contributed by atoms with E-state index in [0.29, 0.717) is 0 Å². The highest BCUT2D eigenvalue weighted by molar-refractivity contribution is 7.09. The highest BCUT2D eigenvalue weighted by Gasteiger charge is 2.06. The Kier molecular flexibility index (Phi) is 5.86. The van der Waals surface area contributed by atoms with Crippen molar-refractivity contribution in [2.45, 2.75) is 26.7 Å². The van der Waals surface area contributed by atoms with Crippen molar-refractivity contribution in [1.82, 2.24) is 15.0 Å². The first-order valence-corrected chi connectivity index (χ1v) is 9.47. The van der Waals surface area contributed by atoms with Crippen LogP contribution in [-0.4, -0.2) is 15.0 Å². The van der Waals surface area contributed by atoms with Gasteiger partial charge in [-0.1, -0.05) is 56.3 Å². The van der Waals surface area contributed by atoms with Gasteiger partial charge in [-0.05, 0) is 18.6 Å². The molecule has 3 nitrogen and oxygen atoms in total. The third-order valence-corrected chi connectivity index (χ3v) is 4.62. The van der Waals surface area contributed by atoms with Gasteiger partial charge >= 0.3 is 0 Å². The molecule has 126 valence electrons. The number of aromatic nitrogens is 3. The van der Waals surface area contributed by atoms with Gasteiger partial charge in [-0.3, -0.25) is 4.98 Å². The molecule has 0 aliphatic rings. The summed E-state index contributed by atoms with van der Waals surface area (Å²) < 4.78 is 0. The van der Waals surface area contributed by atoms with Crippen LogP contribution in [0, 0.1) is 0 Å². The predicted octanol–water partition coefficient (Wildman–Crippen LogP) is 5.56. The normalized spacial score (nSPS) is 10.3. The fourth-order valence-corrected chi connectivity index (χ4v) is 3.33. The van der Waals surface area contributed by atoms with Crippen LogP contribution in [0.5, 0.6) is 0 Å². The molecule has 0 spiro atoms. The lowest BCUT2D eigenvalue weighted by molar-refractivity contribution is 0.902. The molecule has 4 aromatic rings. The van der Waals surface area contributed by atoms with Crippen LogP contribution < -0.4 is 0 Å². The molecule has 0 saturated heterocycles. The molecule has 4 rings (SSSR count). The second-order valence-electron chi connectivity index (χ2n) is 5.34. The maximum Gasteiger partial charge on any atom is 0.0936 e. The molecular weight excluding hydrogens is 326 g/mol. The molecule has 2 heterocycles. The first-order chi connectivity index (χ1) is 12.4. The van der Waals surface area contributed by atoms with E-state index in [-0.39, 0.29) is 0 Å². The van der Waals surface area contributed by atoms with Gasteiger partial charge in [-0.2, -0.15) is 0 Å². The van der Waals surface area contributed by atoms with Crippen LogP contribution in [0.4, 0.5) is 0 Å². The maximum atomic E-state index is 4.73. The van der Waals surface area contributed by atoms with Gasteiger partial charge in [-0.25, -0.2) is 9.97 Å². The lowest BCUT2D eigenvalue weighted by Gasteiger charge is -2.01. The second-order valence-corrected chi connectivity index (χ2v) is 6.29. The third kappa shape index (κ3) is 4.28. The number of hydrogen-bond acceptors (Lipinski definition) is 4. The molecule has 0 aliphatic heterocycles. The molecular formula is C21H21N3S. The van der Waals surface area contributed by atoms with Crippen LogP contribution in [0.1, 0.15) is 24.5 Å². The van der Waals surface area contributed by atoms with Gasteiger partial charge in [0.15, 0.2) is 0 Å². The average molecular weight is 347 g/mol. The molecule has 0 atom stereocenters. The summed E-state index contributed by atoms with van der Waals surface area (Å²) in [6, 6.07) is 18.3.